The topological polar surface area (TPSA) is 84.4 Å². The summed E-state index contributed by atoms with van der Waals surface area (Å²) in [5.74, 6) is 4.92. The lowest BCUT2D eigenvalue weighted by molar-refractivity contribution is -0.736. The Morgan fingerprint density at radius 2 is 2.12 bits per heavy atom. The Morgan fingerprint density at radius 3 is 2.62 bits per heavy atom. The molecule has 0 atom stereocenters. The number of rotatable bonds is 5. The van der Waals surface area contributed by atoms with Gasteiger partial charge in [0, 0.05) is 17.0 Å². The standard InChI is InChI=1S/C9H11N3O3S/c1-15-12(14)7-2-4-8(5-3-7)16-6-9(13)11-10/h2-5H,6,10H2,1H3/p+1. The minimum absolute atomic E-state index is 0.237. The molecule has 0 radical (unpaired) electrons. The van der Waals surface area contributed by atoms with Gasteiger partial charge in [0.2, 0.25) is 5.91 Å². The van der Waals surface area contributed by atoms with Crippen LogP contribution in [-0.4, -0.2) is 23.7 Å². The van der Waals surface area contributed by atoms with Crippen molar-refractivity contribution in [1.29, 1.82) is 0 Å². The number of benzene rings is 1. The maximum absolute atomic E-state index is 11.0. The SMILES string of the molecule is CO[N+](=O)c1ccc(SCC(=O)NN)cc1. The Morgan fingerprint density at radius 1 is 1.50 bits per heavy atom. The Bertz CT molecular complexity index is 380. The zero-order chi connectivity index (χ0) is 12.0. The van der Waals surface area contributed by atoms with Crippen LogP contribution in [0.15, 0.2) is 29.2 Å². The van der Waals surface area contributed by atoms with Crippen molar-refractivity contribution in [3.8, 4) is 0 Å². The van der Waals surface area contributed by atoms with Crippen molar-refractivity contribution in [1.82, 2.24) is 5.43 Å². The largest absolute Gasteiger partial charge is 0.316 e. The molecular formula is C9H12N3O3S+. The average molecular weight is 242 g/mol. The van der Waals surface area contributed by atoms with E-state index in [-0.39, 0.29) is 11.7 Å². The molecule has 3 N–H and O–H groups in total. The van der Waals surface area contributed by atoms with E-state index in [1.807, 2.05) is 5.43 Å². The average Bonchev–Trinajstić information content (AvgIpc) is 2.35. The fourth-order valence-corrected chi connectivity index (χ4v) is 1.67. The first-order chi connectivity index (χ1) is 7.67. The van der Waals surface area contributed by atoms with E-state index in [2.05, 4.69) is 4.84 Å². The highest BCUT2D eigenvalue weighted by atomic mass is 32.2. The van der Waals surface area contributed by atoms with E-state index in [1.54, 1.807) is 24.3 Å². The Balaban J connectivity index is 2.58. The highest BCUT2D eigenvalue weighted by Crippen LogP contribution is 2.21. The highest BCUT2D eigenvalue weighted by Gasteiger charge is 2.13. The fraction of sp³-hybridized carbons (Fsp3) is 0.222. The predicted octanol–water partition coefficient (Wildman–Crippen LogP) is 0.740. The van der Waals surface area contributed by atoms with Gasteiger partial charge in [-0.05, 0) is 12.1 Å². The molecule has 1 rings (SSSR count). The monoisotopic (exact) mass is 242 g/mol. The van der Waals surface area contributed by atoms with Crippen molar-refractivity contribution < 1.29 is 14.6 Å². The quantitative estimate of drug-likeness (QED) is 0.344. The summed E-state index contributed by atoms with van der Waals surface area (Å²) in [7, 11) is 1.29. The molecule has 0 saturated carbocycles. The van der Waals surface area contributed by atoms with Crippen LogP contribution in [0.25, 0.3) is 0 Å². The first kappa shape index (κ1) is 12.5. The summed E-state index contributed by atoms with van der Waals surface area (Å²) in [5, 5.41) is 0. The molecule has 0 fully saturated rings. The van der Waals surface area contributed by atoms with Gasteiger partial charge in [0.05, 0.1) is 10.7 Å². The molecule has 0 spiro atoms. The second-order valence-electron chi connectivity index (χ2n) is 2.79. The zero-order valence-electron chi connectivity index (χ0n) is 8.67. The van der Waals surface area contributed by atoms with Crippen molar-refractivity contribution in [2.75, 3.05) is 12.9 Å². The van der Waals surface area contributed by atoms with Gasteiger partial charge in [0.1, 0.15) is 0 Å². The third-order valence-electron chi connectivity index (χ3n) is 1.74. The number of hydrazine groups is 1. The molecule has 0 unspecified atom stereocenters. The zero-order valence-corrected chi connectivity index (χ0v) is 9.49. The summed E-state index contributed by atoms with van der Waals surface area (Å²) in [6.45, 7) is 0. The van der Waals surface area contributed by atoms with Gasteiger partial charge in [0.25, 0.3) is 4.92 Å². The number of thioether (sulfide) groups is 1. The maximum Gasteiger partial charge on any atom is 0.316 e. The van der Waals surface area contributed by atoms with E-state index < -0.39 is 0 Å². The van der Waals surface area contributed by atoms with Crippen LogP contribution in [-0.2, 0) is 9.63 Å². The van der Waals surface area contributed by atoms with Crippen LogP contribution in [0.5, 0.6) is 0 Å². The van der Waals surface area contributed by atoms with Crippen LogP contribution >= 0.6 is 11.8 Å². The van der Waals surface area contributed by atoms with Crippen molar-refractivity contribution in [2.24, 2.45) is 5.84 Å². The van der Waals surface area contributed by atoms with Gasteiger partial charge in [-0.3, -0.25) is 10.2 Å². The van der Waals surface area contributed by atoms with Crippen LogP contribution in [0.4, 0.5) is 5.69 Å². The minimum Gasteiger partial charge on any atom is -0.294 e. The second kappa shape index (κ2) is 6.09. The number of amides is 1. The molecule has 0 bridgehead atoms. The Hall–Kier alpha value is -1.60. The van der Waals surface area contributed by atoms with Crippen molar-refractivity contribution in [3.63, 3.8) is 0 Å². The first-order valence-corrected chi connectivity index (χ1v) is 5.39. The predicted molar refractivity (Wildman–Crippen MR) is 59.8 cm³/mol. The molecule has 0 aromatic heterocycles. The lowest BCUT2D eigenvalue weighted by Gasteiger charge is -1.99. The van der Waals surface area contributed by atoms with E-state index in [9.17, 15) is 9.70 Å². The van der Waals surface area contributed by atoms with E-state index in [4.69, 9.17) is 5.84 Å². The van der Waals surface area contributed by atoms with Gasteiger partial charge in [-0.2, -0.15) is 0 Å². The number of nitrogens with zero attached hydrogens (tertiary/aromatic N) is 1. The molecule has 86 valence electrons. The molecular weight excluding hydrogens is 230 g/mol. The summed E-state index contributed by atoms with van der Waals surface area (Å²) < 4.78 is 0. The van der Waals surface area contributed by atoms with Gasteiger partial charge < -0.3 is 0 Å². The smallest absolute Gasteiger partial charge is 0.294 e. The van der Waals surface area contributed by atoms with E-state index in [1.165, 1.54) is 18.9 Å². The highest BCUT2D eigenvalue weighted by molar-refractivity contribution is 8.00. The van der Waals surface area contributed by atoms with Gasteiger partial charge in [-0.15, -0.1) is 11.8 Å². The van der Waals surface area contributed by atoms with E-state index in [0.717, 1.165) is 4.90 Å². The first-order valence-electron chi connectivity index (χ1n) is 4.41. The molecule has 0 heterocycles. The number of carbonyl (C=O) groups is 1. The molecule has 0 saturated heterocycles. The molecule has 0 aliphatic heterocycles. The van der Waals surface area contributed by atoms with Gasteiger partial charge >= 0.3 is 5.69 Å². The summed E-state index contributed by atoms with van der Waals surface area (Å²) in [4.78, 5) is 27.7. The molecule has 7 heteroatoms. The third kappa shape index (κ3) is 3.52. The van der Waals surface area contributed by atoms with Crippen LogP contribution < -0.4 is 11.3 Å². The number of hydrogen-bond donors (Lipinski definition) is 2. The van der Waals surface area contributed by atoms with E-state index in [0.29, 0.717) is 10.6 Å². The van der Waals surface area contributed by atoms with Crippen LogP contribution in [0.2, 0.25) is 0 Å². The molecule has 16 heavy (non-hydrogen) atoms. The van der Waals surface area contributed by atoms with Crippen LogP contribution in [0.1, 0.15) is 0 Å². The van der Waals surface area contributed by atoms with Crippen molar-refractivity contribution >= 4 is 23.4 Å². The van der Waals surface area contributed by atoms with Gasteiger partial charge in [-0.1, -0.05) is 0 Å². The molecule has 0 aliphatic rings. The van der Waals surface area contributed by atoms with Gasteiger partial charge in [0.15, 0.2) is 7.11 Å². The van der Waals surface area contributed by atoms with E-state index >= 15 is 0 Å². The lowest BCUT2D eigenvalue weighted by Crippen LogP contribution is -2.31. The summed E-state index contributed by atoms with van der Waals surface area (Å²) >= 11 is 1.33. The second-order valence-corrected chi connectivity index (χ2v) is 3.84. The normalized spacial score (nSPS) is 9.62. The minimum atomic E-state index is -0.253. The summed E-state index contributed by atoms with van der Waals surface area (Å²) in [6.07, 6.45) is 0. The maximum atomic E-state index is 11.0. The number of nitrogens with one attached hydrogen (secondary N) is 1. The molecule has 1 aromatic carbocycles. The Labute approximate surface area is 96.6 Å². The molecule has 1 aromatic rings. The Kier molecular flexibility index (Phi) is 4.74. The van der Waals surface area contributed by atoms with Gasteiger partial charge in [-0.25, -0.2) is 10.7 Å². The lowest BCUT2D eigenvalue weighted by atomic mass is 10.3. The fourth-order valence-electron chi connectivity index (χ4n) is 0.960. The summed E-state index contributed by atoms with van der Waals surface area (Å²) in [6, 6.07) is 6.68. The molecule has 1 amide bonds. The number of carbonyl (C=O) groups excluding carboxylic acids is 1. The van der Waals surface area contributed by atoms with Crippen molar-refractivity contribution in [2.45, 2.75) is 4.90 Å². The van der Waals surface area contributed by atoms with Crippen molar-refractivity contribution in [3.05, 3.63) is 29.2 Å². The summed E-state index contributed by atoms with van der Waals surface area (Å²) in [5.41, 5.74) is 2.43. The van der Waals surface area contributed by atoms with Crippen LogP contribution in [0, 0.1) is 4.91 Å². The number of hydrogen-bond acceptors (Lipinski definition) is 5. The van der Waals surface area contributed by atoms with Crippen LogP contribution in [0.3, 0.4) is 0 Å². The third-order valence-corrected chi connectivity index (χ3v) is 2.76. The number of nitrogens with two attached hydrogens (primary N) is 1. The molecule has 6 nitrogen and oxygen atoms in total. The molecule has 0 aliphatic carbocycles.